The maximum absolute atomic E-state index is 12.9. The maximum Gasteiger partial charge on any atom is 0.256 e. The van der Waals surface area contributed by atoms with E-state index in [0.717, 1.165) is 34.3 Å². The highest BCUT2D eigenvalue weighted by molar-refractivity contribution is 9.10. The van der Waals surface area contributed by atoms with Crippen molar-refractivity contribution in [3.8, 4) is 0 Å². The van der Waals surface area contributed by atoms with E-state index in [1.54, 1.807) is 0 Å². The minimum absolute atomic E-state index is 0.0903. The van der Waals surface area contributed by atoms with Crippen molar-refractivity contribution in [1.82, 2.24) is 9.88 Å². The molecule has 1 heterocycles. The Morgan fingerprint density at radius 1 is 1.27 bits per heavy atom. The van der Waals surface area contributed by atoms with E-state index in [0.29, 0.717) is 18.2 Å². The van der Waals surface area contributed by atoms with Crippen molar-refractivity contribution in [2.45, 2.75) is 39.3 Å². The molecule has 1 aromatic heterocycles. The summed E-state index contributed by atoms with van der Waals surface area (Å²) in [4.78, 5) is 19.3. The monoisotopic (exact) mass is 358 g/mol. The fraction of sp³-hybridized carbons (Fsp3) is 0.333. The molecule has 1 fully saturated rings. The molecule has 1 amide bonds. The second-order valence-electron chi connectivity index (χ2n) is 5.88. The third-order valence-corrected chi connectivity index (χ3v) is 4.44. The second kappa shape index (κ2) is 6.21. The third kappa shape index (κ3) is 3.38. The van der Waals surface area contributed by atoms with Crippen LogP contribution in [0.2, 0.25) is 0 Å². The summed E-state index contributed by atoms with van der Waals surface area (Å²) < 4.78 is 1.04. The molecule has 3 rings (SSSR count). The average Bonchev–Trinajstić information content (AvgIpc) is 3.29. The zero-order chi connectivity index (χ0) is 15.7. The van der Waals surface area contributed by atoms with Gasteiger partial charge in [-0.1, -0.05) is 28.1 Å². The maximum atomic E-state index is 12.9. The van der Waals surface area contributed by atoms with Gasteiger partial charge in [0.15, 0.2) is 0 Å². The summed E-state index contributed by atoms with van der Waals surface area (Å²) in [6.45, 7) is 4.50. The van der Waals surface area contributed by atoms with Crippen molar-refractivity contribution in [1.29, 1.82) is 0 Å². The van der Waals surface area contributed by atoms with Gasteiger partial charge in [0, 0.05) is 22.8 Å². The topological polar surface area (TPSA) is 33.2 Å². The first-order valence-electron chi connectivity index (χ1n) is 7.54. The first-order valence-corrected chi connectivity index (χ1v) is 8.33. The molecule has 2 aromatic rings. The van der Waals surface area contributed by atoms with E-state index >= 15 is 0 Å². The quantitative estimate of drug-likeness (QED) is 0.817. The molecule has 0 saturated heterocycles. The summed E-state index contributed by atoms with van der Waals surface area (Å²) in [6, 6.07) is 12.3. The van der Waals surface area contributed by atoms with Crippen molar-refractivity contribution in [2.75, 3.05) is 0 Å². The minimum Gasteiger partial charge on any atom is -0.331 e. The Bertz CT molecular complexity index is 710. The van der Waals surface area contributed by atoms with Crippen LogP contribution in [0, 0.1) is 13.8 Å². The van der Waals surface area contributed by atoms with E-state index in [2.05, 4.69) is 33.0 Å². The number of pyridine rings is 1. The smallest absolute Gasteiger partial charge is 0.256 e. The Morgan fingerprint density at radius 3 is 2.68 bits per heavy atom. The van der Waals surface area contributed by atoms with Crippen molar-refractivity contribution in [3.05, 3.63) is 63.4 Å². The Kier molecular flexibility index (Phi) is 4.30. The number of hydrogen-bond donors (Lipinski definition) is 0. The number of aromatic nitrogens is 1. The van der Waals surface area contributed by atoms with Gasteiger partial charge in [-0.05, 0) is 56.5 Å². The number of carbonyl (C=O) groups is 1. The van der Waals surface area contributed by atoms with Crippen LogP contribution >= 0.6 is 15.9 Å². The number of carbonyl (C=O) groups excluding carboxylic acids is 1. The van der Waals surface area contributed by atoms with E-state index in [9.17, 15) is 4.79 Å². The number of nitrogens with zero attached hydrogens (tertiary/aromatic N) is 2. The number of benzene rings is 1. The lowest BCUT2D eigenvalue weighted by Crippen LogP contribution is -2.33. The normalized spacial score (nSPS) is 14.0. The third-order valence-electron chi connectivity index (χ3n) is 3.95. The van der Waals surface area contributed by atoms with Crippen molar-refractivity contribution in [2.24, 2.45) is 0 Å². The molecule has 0 atom stereocenters. The van der Waals surface area contributed by atoms with Gasteiger partial charge >= 0.3 is 0 Å². The molecule has 4 heteroatoms. The zero-order valence-corrected chi connectivity index (χ0v) is 14.4. The van der Waals surface area contributed by atoms with Gasteiger partial charge in [-0.25, -0.2) is 0 Å². The molecule has 1 aromatic carbocycles. The molecule has 0 unspecified atom stereocenters. The van der Waals surface area contributed by atoms with E-state index in [1.165, 1.54) is 0 Å². The zero-order valence-electron chi connectivity index (χ0n) is 12.8. The van der Waals surface area contributed by atoms with E-state index in [1.807, 2.05) is 43.0 Å². The van der Waals surface area contributed by atoms with Crippen LogP contribution in [0.5, 0.6) is 0 Å². The van der Waals surface area contributed by atoms with Crippen LogP contribution < -0.4 is 0 Å². The Hall–Kier alpha value is -1.68. The second-order valence-corrected chi connectivity index (χ2v) is 6.80. The van der Waals surface area contributed by atoms with Crippen LogP contribution in [0.1, 0.15) is 40.2 Å². The number of halogens is 1. The summed E-state index contributed by atoms with van der Waals surface area (Å²) in [5.41, 5.74) is 3.61. The molecule has 1 saturated carbocycles. The molecule has 114 valence electrons. The van der Waals surface area contributed by atoms with Crippen LogP contribution in [-0.4, -0.2) is 21.8 Å². The van der Waals surface area contributed by atoms with E-state index in [-0.39, 0.29) is 5.91 Å². The van der Waals surface area contributed by atoms with Gasteiger partial charge in [0.25, 0.3) is 5.91 Å². The average molecular weight is 359 g/mol. The lowest BCUT2D eigenvalue weighted by molar-refractivity contribution is 0.0728. The summed E-state index contributed by atoms with van der Waals surface area (Å²) in [5.74, 6) is 0.0903. The standard InChI is InChI=1S/C18H19BrN2O/c1-12-6-9-17(13(2)20-12)18(22)21(16-7-8-16)11-14-4-3-5-15(19)10-14/h3-6,9-10,16H,7-8,11H2,1-2H3. The highest BCUT2D eigenvalue weighted by atomic mass is 79.9. The molecule has 22 heavy (non-hydrogen) atoms. The first kappa shape index (κ1) is 15.2. The Balaban J connectivity index is 1.86. The predicted molar refractivity (Wildman–Crippen MR) is 90.7 cm³/mol. The van der Waals surface area contributed by atoms with Gasteiger partial charge < -0.3 is 4.90 Å². The van der Waals surface area contributed by atoms with Crippen molar-refractivity contribution >= 4 is 21.8 Å². The van der Waals surface area contributed by atoms with Crippen LogP contribution in [0.3, 0.4) is 0 Å². The van der Waals surface area contributed by atoms with Crippen molar-refractivity contribution < 1.29 is 4.79 Å². The number of amides is 1. The minimum atomic E-state index is 0.0903. The number of aryl methyl sites for hydroxylation is 2. The molecule has 0 bridgehead atoms. The first-order chi connectivity index (χ1) is 10.5. The summed E-state index contributed by atoms with van der Waals surface area (Å²) in [6.07, 6.45) is 2.19. The van der Waals surface area contributed by atoms with Crippen molar-refractivity contribution in [3.63, 3.8) is 0 Å². The molecule has 0 N–H and O–H groups in total. The van der Waals surface area contributed by atoms with Crippen LogP contribution in [0.4, 0.5) is 0 Å². The van der Waals surface area contributed by atoms with Gasteiger partial charge in [0.1, 0.15) is 0 Å². The fourth-order valence-electron chi connectivity index (χ4n) is 2.65. The van der Waals surface area contributed by atoms with Crippen LogP contribution in [0.25, 0.3) is 0 Å². The molecule has 0 aliphatic heterocycles. The van der Waals surface area contributed by atoms with E-state index < -0.39 is 0 Å². The van der Waals surface area contributed by atoms with Gasteiger partial charge in [0.05, 0.1) is 11.3 Å². The summed E-state index contributed by atoms with van der Waals surface area (Å²) in [7, 11) is 0. The van der Waals surface area contributed by atoms with Crippen LogP contribution in [0.15, 0.2) is 40.9 Å². The molecule has 1 aliphatic rings. The van der Waals surface area contributed by atoms with Gasteiger partial charge in [-0.2, -0.15) is 0 Å². The lowest BCUT2D eigenvalue weighted by atomic mass is 10.1. The molecular formula is C18H19BrN2O. The number of hydrogen-bond acceptors (Lipinski definition) is 2. The molecule has 3 nitrogen and oxygen atoms in total. The largest absolute Gasteiger partial charge is 0.331 e. The molecular weight excluding hydrogens is 340 g/mol. The SMILES string of the molecule is Cc1ccc(C(=O)N(Cc2cccc(Br)c2)C2CC2)c(C)n1. The molecule has 1 aliphatic carbocycles. The predicted octanol–water partition coefficient (Wildman–Crippen LogP) is 4.27. The summed E-state index contributed by atoms with van der Waals surface area (Å²) in [5, 5.41) is 0. The number of rotatable bonds is 4. The van der Waals surface area contributed by atoms with Gasteiger partial charge in [-0.15, -0.1) is 0 Å². The molecule has 0 spiro atoms. The summed E-state index contributed by atoms with van der Waals surface area (Å²) >= 11 is 3.49. The fourth-order valence-corrected chi connectivity index (χ4v) is 3.10. The molecule has 0 radical (unpaired) electrons. The Morgan fingerprint density at radius 2 is 2.05 bits per heavy atom. The highest BCUT2D eigenvalue weighted by Crippen LogP contribution is 2.30. The highest BCUT2D eigenvalue weighted by Gasteiger charge is 2.33. The van der Waals surface area contributed by atoms with E-state index in [4.69, 9.17) is 0 Å². The Labute approximate surface area is 139 Å². The van der Waals surface area contributed by atoms with Crippen LogP contribution in [-0.2, 0) is 6.54 Å². The lowest BCUT2D eigenvalue weighted by Gasteiger charge is -2.23. The van der Waals surface area contributed by atoms with Gasteiger partial charge in [-0.3, -0.25) is 9.78 Å². The van der Waals surface area contributed by atoms with Gasteiger partial charge in [0.2, 0.25) is 0 Å².